The van der Waals surface area contributed by atoms with E-state index in [-0.39, 0.29) is 5.38 Å². The fourth-order valence-corrected chi connectivity index (χ4v) is 3.03. The van der Waals surface area contributed by atoms with Gasteiger partial charge in [0.15, 0.2) is 5.65 Å². The zero-order valence-electron chi connectivity index (χ0n) is 10.8. The second-order valence-corrected chi connectivity index (χ2v) is 7.60. The van der Waals surface area contributed by atoms with E-state index in [4.69, 9.17) is 11.6 Å². The molecule has 0 aliphatic rings. The molecule has 0 aliphatic heterocycles. The number of alkyl halides is 1. The number of aromatic nitrogens is 3. The Bertz CT molecular complexity index is 614. The number of halogens is 2. The Labute approximate surface area is 128 Å². The van der Waals surface area contributed by atoms with Gasteiger partial charge < -0.3 is 4.57 Å². The summed E-state index contributed by atoms with van der Waals surface area (Å²) in [6, 6.07) is 1.92. The molecule has 0 spiro atoms. The lowest BCUT2D eigenvalue weighted by Crippen LogP contribution is -2.12. The second-order valence-electron chi connectivity index (χ2n) is 4.17. The standard InChI is InChI=1S/C12H15BrClN3OS/c1-3-19(18)5-4-17-11(8(2)14)16-10-6-9(13)7-15-12(10)17/h6-8H,3-5H2,1-2H3. The molecule has 0 aromatic carbocycles. The maximum atomic E-state index is 11.6. The Balaban J connectivity index is 2.43. The van der Waals surface area contributed by atoms with Crippen molar-refractivity contribution in [3.8, 4) is 0 Å². The lowest BCUT2D eigenvalue weighted by molar-refractivity contribution is 0.668. The van der Waals surface area contributed by atoms with Crippen LogP contribution < -0.4 is 0 Å². The Hall–Kier alpha value is -0.460. The van der Waals surface area contributed by atoms with Gasteiger partial charge in [0.1, 0.15) is 11.3 Å². The van der Waals surface area contributed by atoms with Crippen LogP contribution in [0.1, 0.15) is 25.0 Å². The average Bonchev–Trinajstić information content (AvgIpc) is 2.73. The minimum atomic E-state index is -0.809. The predicted octanol–water partition coefficient (Wildman–Crippen LogP) is 3.26. The van der Waals surface area contributed by atoms with Crippen molar-refractivity contribution in [2.24, 2.45) is 0 Å². The van der Waals surface area contributed by atoms with Gasteiger partial charge in [-0.25, -0.2) is 9.97 Å². The lowest BCUT2D eigenvalue weighted by Gasteiger charge is -2.09. The number of nitrogens with zero attached hydrogens (tertiary/aromatic N) is 3. The number of pyridine rings is 1. The van der Waals surface area contributed by atoms with Crippen LogP contribution in [0.4, 0.5) is 0 Å². The first-order chi connectivity index (χ1) is 9.02. The summed E-state index contributed by atoms with van der Waals surface area (Å²) in [4.78, 5) is 8.90. The van der Waals surface area contributed by atoms with E-state index in [1.165, 1.54) is 0 Å². The zero-order chi connectivity index (χ0) is 14.0. The number of hydrogen-bond donors (Lipinski definition) is 0. The summed E-state index contributed by atoms with van der Waals surface area (Å²) >= 11 is 9.55. The third-order valence-electron chi connectivity index (χ3n) is 2.80. The maximum absolute atomic E-state index is 11.6. The van der Waals surface area contributed by atoms with Crippen LogP contribution in [0.3, 0.4) is 0 Å². The van der Waals surface area contributed by atoms with Crippen LogP contribution in [0.5, 0.6) is 0 Å². The molecule has 0 aliphatic carbocycles. The van der Waals surface area contributed by atoms with Gasteiger partial charge in [-0.3, -0.25) is 4.21 Å². The molecule has 19 heavy (non-hydrogen) atoms. The maximum Gasteiger partial charge on any atom is 0.160 e. The van der Waals surface area contributed by atoms with Gasteiger partial charge in [0.05, 0.1) is 5.38 Å². The molecule has 2 unspecified atom stereocenters. The van der Waals surface area contributed by atoms with Crippen molar-refractivity contribution in [2.45, 2.75) is 25.8 Å². The summed E-state index contributed by atoms with van der Waals surface area (Å²) in [5, 5.41) is -0.206. The van der Waals surface area contributed by atoms with Gasteiger partial charge in [0.25, 0.3) is 0 Å². The second kappa shape index (κ2) is 6.33. The molecule has 0 amide bonds. The van der Waals surface area contributed by atoms with E-state index in [1.807, 2.05) is 24.5 Å². The first-order valence-electron chi connectivity index (χ1n) is 6.03. The van der Waals surface area contributed by atoms with Gasteiger partial charge in [-0.1, -0.05) is 6.92 Å². The highest BCUT2D eigenvalue weighted by Crippen LogP contribution is 2.25. The molecular weight excluding hydrogens is 350 g/mol. The van der Waals surface area contributed by atoms with E-state index in [0.717, 1.165) is 21.5 Å². The molecule has 4 nitrogen and oxygen atoms in total. The molecule has 2 heterocycles. The summed E-state index contributed by atoms with van der Waals surface area (Å²) in [5.74, 6) is 2.03. The van der Waals surface area contributed by atoms with Gasteiger partial charge >= 0.3 is 0 Å². The molecule has 0 saturated carbocycles. The molecule has 7 heteroatoms. The molecule has 0 bridgehead atoms. The van der Waals surface area contributed by atoms with Crippen molar-refractivity contribution in [1.29, 1.82) is 0 Å². The van der Waals surface area contributed by atoms with E-state index in [1.54, 1.807) is 6.20 Å². The van der Waals surface area contributed by atoms with Crippen molar-refractivity contribution in [1.82, 2.24) is 14.5 Å². The molecule has 0 radical (unpaired) electrons. The molecule has 2 aromatic rings. The highest BCUT2D eigenvalue weighted by Gasteiger charge is 2.16. The summed E-state index contributed by atoms with van der Waals surface area (Å²) in [7, 11) is -0.809. The Morgan fingerprint density at radius 3 is 2.95 bits per heavy atom. The largest absolute Gasteiger partial charge is 0.311 e. The predicted molar refractivity (Wildman–Crippen MR) is 83.0 cm³/mol. The molecule has 0 saturated heterocycles. The molecular formula is C12H15BrClN3OS. The van der Waals surface area contributed by atoms with Crippen LogP contribution in [-0.2, 0) is 17.3 Å². The first kappa shape index (κ1) is 14.9. The van der Waals surface area contributed by atoms with Gasteiger partial charge in [0.2, 0.25) is 0 Å². The van der Waals surface area contributed by atoms with Gasteiger partial charge in [-0.15, -0.1) is 11.6 Å². The molecule has 0 fully saturated rings. The fourth-order valence-electron chi connectivity index (χ4n) is 1.87. The van der Waals surface area contributed by atoms with Crippen LogP contribution in [0.2, 0.25) is 0 Å². The van der Waals surface area contributed by atoms with E-state index >= 15 is 0 Å². The summed E-state index contributed by atoms with van der Waals surface area (Å²) in [6.07, 6.45) is 1.74. The number of fused-ring (bicyclic) bond motifs is 1. The molecule has 2 rings (SSSR count). The number of aryl methyl sites for hydroxylation is 1. The minimum Gasteiger partial charge on any atom is -0.311 e. The molecule has 2 aromatic heterocycles. The van der Waals surface area contributed by atoms with Crippen LogP contribution in [0.15, 0.2) is 16.7 Å². The van der Waals surface area contributed by atoms with Gasteiger partial charge in [-0.05, 0) is 28.9 Å². The van der Waals surface area contributed by atoms with Crippen molar-refractivity contribution in [3.05, 3.63) is 22.6 Å². The summed E-state index contributed by atoms with van der Waals surface area (Å²) in [6.45, 7) is 4.42. The SMILES string of the molecule is CCS(=O)CCn1c(C(C)Cl)nc2cc(Br)cnc21. The van der Waals surface area contributed by atoms with Crippen LogP contribution in [0, 0.1) is 0 Å². The van der Waals surface area contributed by atoms with Crippen molar-refractivity contribution in [2.75, 3.05) is 11.5 Å². The Morgan fingerprint density at radius 1 is 1.58 bits per heavy atom. The van der Waals surface area contributed by atoms with E-state index in [9.17, 15) is 4.21 Å². The first-order valence-corrected chi connectivity index (χ1v) is 8.75. The highest BCUT2D eigenvalue weighted by atomic mass is 79.9. The van der Waals surface area contributed by atoms with E-state index in [0.29, 0.717) is 18.1 Å². The Morgan fingerprint density at radius 2 is 2.32 bits per heavy atom. The summed E-state index contributed by atoms with van der Waals surface area (Å²) in [5.41, 5.74) is 1.60. The highest BCUT2D eigenvalue weighted by molar-refractivity contribution is 9.10. The van der Waals surface area contributed by atoms with Crippen LogP contribution in [0.25, 0.3) is 11.2 Å². The van der Waals surface area contributed by atoms with Crippen LogP contribution >= 0.6 is 27.5 Å². The quantitative estimate of drug-likeness (QED) is 0.765. The van der Waals surface area contributed by atoms with E-state index < -0.39 is 10.8 Å². The van der Waals surface area contributed by atoms with Crippen molar-refractivity contribution in [3.63, 3.8) is 0 Å². The Kier molecular flexibility index (Phi) is 4.97. The summed E-state index contributed by atoms with van der Waals surface area (Å²) < 4.78 is 14.4. The molecule has 0 N–H and O–H groups in total. The topological polar surface area (TPSA) is 47.8 Å². The van der Waals surface area contributed by atoms with Crippen molar-refractivity contribution < 1.29 is 4.21 Å². The minimum absolute atomic E-state index is 0.206. The number of rotatable bonds is 5. The number of hydrogen-bond acceptors (Lipinski definition) is 3. The number of imidazole rings is 1. The zero-order valence-corrected chi connectivity index (χ0v) is 13.9. The van der Waals surface area contributed by atoms with Gasteiger partial charge in [0, 0.05) is 39.5 Å². The average molecular weight is 365 g/mol. The fraction of sp³-hybridized carbons (Fsp3) is 0.500. The normalized spacial score (nSPS) is 14.7. The smallest absolute Gasteiger partial charge is 0.160 e. The lowest BCUT2D eigenvalue weighted by atomic mass is 10.4. The monoisotopic (exact) mass is 363 g/mol. The third-order valence-corrected chi connectivity index (χ3v) is 4.71. The van der Waals surface area contributed by atoms with Crippen molar-refractivity contribution >= 4 is 49.5 Å². The molecule has 2 atom stereocenters. The van der Waals surface area contributed by atoms with E-state index in [2.05, 4.69) is 25.9 Å². The van der Waals surface area contributed by atoms with Gasteiger partial charge in [-0.2, -0.15) is 0 Å². The van der Waals surface area contributed by atoms with Crippen LogP contribution in [-0.4, -0.2) is 30.2 Å². The third kappa shape index (κ3) is 3.35. The molecule has 104 valence electrons.